The zero-order valence-electron chi connectivity index (χ0n) is 13.5. The molecular weight excluding hydrogens is 383 g/mol. The molecule has 0 N–H and O–H groups in total. The fraction of sp³-hybridized carbons (Fsp3) is 0.0909. The molecule has 23 heavy (non-hydrogen) atoms. The first-order valence-corrected chi connectivity index (χ1v) is 15.8. The average molecular weight is 405 g/mol. The van der Waals surface area contributed by atoms with Gasteiger partial charge in [0.25, 0.3) is 0 Å². The van der Waals surface area contributed by atoms with Crippen molar-refractivity contribution in [3.05, 3.63) is 103 Å². The second-order valence-corrected chi connectivity index (χ2v) is 18.1. The molecule has 0 radical (unpaired) electrons. The van der Waals surface area contributed by atoms with Crippen molar-refractivity contribution in [2.45, 2.75) is 9.38 Å². The van der Waals surface area contributed by atoms with Crippen LogP contribution in [-0.2, 0) is 0 Å². The van der Waals surface area contributed by atoms with Gasteiger partial charge in [-0.3, -0.25) is 0 Å². The van der Waals surface area contributed by atoms with Gasteiger partial charge in [0.05, 0.1) is 0 Å². The van der Waals surface area contributed by atoms with E-state index in [1.165, 1.54) is 10.0 Å². The van der Waals surface area contributed by atoms with Crippen LogP contribution in [-0.4, -0.2) is 18.4 Å². The zero-order valence-corrected chi connectivity index (χ0v) is 16.4. The summed E-state index contributed by atoms with van der Waals surface area (Å²) in [5.41, 5.74) is 1.28. The molecule has 114 valence electrons. The van der Waals surface area contributed by atoms with Gasteiger partial charge in [0, 0.05) is 0 Å². The first-order chi connectivity index (χ1) is 11.3. The van der Waals surface area contributed by atoms with Crippen molar-refractivity contribution in [1.29, 1.82) is 0 Å². The molecule has 1 heteroatoms. The molecule has 0 bridgehead atoms. The van der Waals surface area contributed by atoms with Gasteiger partial charge in [-0.1, -0.05) is 0 Å². The first-order valence-electron chi connectivity index (χ1n) is 8.12. The van der Waals surface area contributed by atoms with Gasteiger partial charge in [0.15, 0.2) is 0 Å². The Morgan fingerprint density at radius 1 is 0.652 bits per heavy atom. The molecule has 0 heterocycles. The summed E-state index contributed by atoms with van der Waals surface area (Å²) in [7, 11) is 0. The normalized spacial score (nSPS) is 11.7. The molecule has 0 aliphatic rings. The van der Waals surface area contributed by atoms with Gasteiger partial charge < -0.3 is 0 Å². The molecule has 0 saturated carbocycles. The van der Waals surface area contributed by atoms with Crippen molar-refractivity contribution >= 4 is 31.6 Å². The van der Waals surface area contributed by atoms with E-state index >= 15 is 0 Å². The van der Waals surface area contributed by atoms with Crippen LogP contribution >= 0.6 is 0 Å². The van der Waals surface area contributed by atoms with Crippen molar-refractivity contribution in [3.63, 3.8) is 0 Å². The molecule has 0 saturated heterocycles. The number of hydrogen-bond acceptors (Lipinski definition) is 0. The molecule has 3 rings (SSSR count). The van der Waals surface area contributed by atoms with Gasteiger partial charge in [-0.2, -0.15) is 0 Å². The molecule has 0 aliphatic heterocycles. The molecule has 0 aliphatic carbocycles. The SMILES string of the molecule is [CH3][Sn]([CH2]/C=C\c1ccccc1)([c]1ccccc1)[c]1ccccc1. The summed E-state index contributed by atoms with van der Waals surface area (Å²) in [6.07, 6.45) is 4.65. The Bertz CT molecular complexity index is 706. The monoisotopic (exact) mass is 406 g/mol. The van der Waals surface area contributed by atoms with Crippen LogP contribution in [0.25, 0.3) is 6.08 Å². The minimum atomic E-state index is -2.62. The molecular formula is C22H22Sn. The summed E-state index contributed by atoms with van der Waals surface area (Å²) in [6, 6.07) is 32.8. The molecule has 0 fully saturated rings. The summed E-state index contributed by atoms with van der Waals surface area (Å²) in [6.45, 7) is 0. The van der Waals surface area contributed by atoms with Gasteiger partial charge in [-0.05, 0) is 0 Å². The van der Waals surface area contributed by atoms with Crippen LogP contribution in [0.2, 0.25) is 9.38 Å². The summed E-state index contributed by atoms with van der Waals surface area (Å²) < 4.78 is 4.30. The van der Waals surface area contributed by atoms with Gasteiger partial charge in [0.2, 0.25) is 0 Å². The molecule has 0 amide bonds. The van der Waals surface area contributed by atoms with E-state index in [9.17, 15) is 0 Å². The van der Waals surface area contributed by atoms with Crippen molar-refractivity contribution in [2.24, 2.45) is 0 Å². The van der Waals surface area contributed by atoms with Crippen LogP contribution in [0.1, 0.15) is 5.56 Å². The van der Waals surface area contributed by atoms with Crippen LogP contribution in [0, 0.1) is 0 Å². The quantitative estimate of drug-likeness (QED) is 0.545. The van der Waals surface area contributed by atoms with Gasteiger partial charge in [0.1, 0.15) is 0 Å². The Morgan fingerprint density at radius 2 is 1.09 bits per heavy atom. The van der Waals surface area contributed by atoms with E-state index in [-0.39, 0.29) is 0 Å². The predicted molar refractivity (Wildman–Crippen MR) is 104 cm³/mol. The van der Waals surface area contributed by atoms with Crippen LogP contribution < -0.4 is 7.16 Å². The number of rotatable bonds is 5. The zero-order chi connectivity index (χ0) is 16.0. The first kappa shape index (κ1) is 16.1. The molecule has 0 aromatic heterocycles. The molecule has 0 atom stereocenters. The topological polar surface area (TPSA) is 0 Å². The molecule has 0 spiro atoms. The van der Waals surface area contributed by atoms with Crippen molar-refractivity contribution in [1.82, 2.24) is 0 Å². The minimum absolute atomic E-state index is 1.18. The molecule has 3 aromatic carbocycles. The fourth-order valence-electron chi connectivity index (χ4n) is 3.01. The second kappa shape index (κ2) is 7.65. The Balaban J connectivity index is 1.92. The third-order valence-electron chi connectivity index (χ3n) is 4.46. The number of allylic oxidation sites excluding steroid dienone is 1. The van der Waals surface area contributed by atoms with Gasteiger partial charge in [-0.25, -0.2) is 0 Å². The third kappa shape index (κ3) is 3.94. The van der Waals surface area contributed by atoms with Crippen LogP contribution in [0.4, 0.5) is 0 Å². The number of benzene rings is 3. The molecule has 0 unspecified atom stereocenters. The summed E-state index contributed by atoms with van der Waals surface area (Å²) in [5, 5.41) is 0. The second-order valence-electron chi connectivity index (χ2n) is 6.08. The maximum atomic E-state index is 2.54. The van der Waals surface area contributed by atoms with E-state index in [0.717, 1.165) is 0 Å². The molecule has 0 nitrogen and oxygen atoms in total. The maximum absolute atomic E-state index is 2.62. The van der Waals surface area contributed by atoms with Gasteiger partial charge in [-0.15, -0.1) is 0 Å². The van der Waals surface area contributed by atoms with Crippen LogP contribution in [0.15, 0.2) is 97.1 Å². The summed E-state index contributed by atoms with van der Waals surface area (Å²) in [4.78, 5) is 2.54. The van der Waals surface area contributed by atoms with E-state index in [0.29, 0.717) is 0 Å². The predicted octanol–water partition coefficient (Wildman–Crippen LogP) is 4.59. The van der Waals surface area contributed by atoms with Crippen LogP contribution in [0.5, 0.6) is 0 Å². The van der Waals surface area contributed by atoms with Crippen LogP contribution in [0.3, 0.4) is 0 Å². The number of hydrogen-bond donors (Lipinski definition) is 0. The Hall–Kier alpha value is -1.80. The Kier molecular flexibility index (Phi) is 5.34. The van der Waals surface area contributed by atoms with E-state index in [1.54, 1.807) is 7.16 Å². The van der Waals surface area contributed by atoms with E-state index in [2.05, 4.69) is 108 Å². The standard InChI is InChI=1S/C9H9.2C6H5.CH3.Sn/c1-2-6-9-7-4-3-5-8-9;2*1-2-4-6-5-3-1;;/h2-8H,1H2;2*1-5H;1H3;/b6-2-;;;;. The van der Waals surface area contributed by atoms with E-state index in [4.69, 9.17) is 0 Å². The fourth-order valence-corrected chi connectivity index (χ4v) is 12.3. The van der Waals surface area contributed by atoms with E-state index in [1.807, 2.05) is 0 Å². The van der Waals surface area contributed by atoms with Gasteiger partial charge >= 0.3 is 144 Å². The molecule has 3 aromatic rings. The Labute approximate surface area is 143 Å². The summed E-state index contributed by atoms with van der Waals surface area (Å²) >= 11 is -2.62. The van der Waals surface area contributed by atoms with Crippen molar-refractivity contribution in [2.75, 3.05) is 0 Å². The average Bonchev–Trinajstić information content (AvgIpc) is 2.64. The Morgan fingerprint density at radius 3 is 1.57 bits per heavy atom. The van der Waals surface area contributed by atoms with Crippen molar-refractivity contribution in [3.8, 4) is 0 Å². The summed E-state index contributed by atoms with van der Waals surface area (Å²) in [5.74, 6) is 0. The third-order valence-corrected chi connectivity index (χ3v) is 16.6. The van der Waals surface area contributed by atoms with Crippen molar-refractivity contribution < 1.29 is 0 Å². The van der Waals surface area contributed by atoms with E-state index < -0.39 is 18.4 Å².